The number of nitrogens with one attached hydrogen (secondary N) is 1. The number of carbonyl (C=O) groups is 2. The van der Waals surface area contributed by atoms with Crippen LogP contribution in [0.1, 0.15) is 27.2 Å². The molecule has 0 aliphatic carbocycles. The van der Waals surface area contributed by atoms with Crippen LogP contribution in [-0.4, -0.2) is 31.6 Å². The Hall–Kier alpha value is -1.10. The fraction of sp³-hybridized carbons (Fsp3) is 0.818. The minimum atomic E-state index is -0.599. The van der Waals surface area contributed by atoms with Crippen molar-refractivity contribution in [1.82, 2.24) is 5.32 Å². The Bertz CT molecular complexity index is 237. The Morgan fingerprint density at radius 2 is 1.94 bits per heavy atom. The van der Waals surface area contributed by atoms with Crippen molar-refractivity contribution in [2.75, 3.05) is 13.7 Å². The van der Waals surface area contributed by atoms with E-state index in [9.17, 15) is 9.59 Å². The molecular weight excluding hydrogens is 208 g/mol. The summed E-state index contributed by atoms with van der Waals surface area (Å²) in [5.74, 6) is -0.859. The van der Waals surface area contributed by atoms with Gasteiger partial charge in [0.15, 0.2) is 0 Å². The molecule has 3 N–H and O–H groups in total. The smallest absolute Gasteiger partial charge is 0.328 e. The zero-order chi connectivity index (χ0) is 12.7. The number of amides is 1. The Balaban J connectivity index is 4.51. The van der Waals surface area contributed by atoms with Gasteiger partial charge in [-0.2, -0.15) is 0 Å². The lowest BCUT2D eigenvalue weighted by Crippen LogP contribution is -2.48. The van der Waals surface area contributed by atoms with E-state index in [1.54, 1.807) is 0 Å². The minimum Gasteiger partial charge on any atom is -0.467 e. The summed E-state index contributed by atoms with van der Waals surface area (Å²) in [6.07, 6.45) is 0.661. The summed E-state index contributed by atoms with van der Waals surface area (Å²) < 4.78 is 4.64. The molecule has 0 saturated carbocycles. The maximum Gasteiger partial charge on any atom is 0.328 e. The van der Waals surface area contributed by atoms with Crippen molar-refractivity contribution in [3.63, 3.8) is 0 Å². The first-order valence-electron chi connectivity index (χ1n) is 5.56. The van der Waals surface area contributed by atoms with E-state index in [1.807, 2.05) is 20.8 Å². The van der Waals surface area contributed by atoms with Gasteiger partial charge in [-0.25, -0.2) is 4.79 Å². The molecule has 0 fully saturated rings. The van der Waals surface area contributed by atoms with Crippen LogP contribution in [0.3, 0.4) is 0 Å². The molecule has 0 aliphatic heterocycles. The van der Waals surface area contributed by atoms with Gasteiger partial charge in [0.1, 0.15) is 6.04 Å². The number of nitrogens with two attached hydrogens (primary N) is 1. The molecule has 0 spiro atoms. The zero-order valence-electron chi connectivity index (χ0n) is 10.4. The first-order valence-corrected chi connectivity index (χ1v) is 5.56. The SMILES string of the molecule is CCC(CN)C(=O)NC(C(=O)OC)C(C)C. The fourth-order valence-electron chi connectivity index (χ4n) is 1.35. The van der Waals surface area contributed by atoms with Crippen LogP contribution in [0.5, 0.6) is 0 Å². The number of ether oxygens (including phenoxy) is 1. The summed E-state index contributed by atoms with van der Waals surface area (Å²) in [6.45, 7) is 5.88. The second-order valence-corrected chi connectivity index (χ2v) is 4.09. The van der Waals surface area contributed by atoms with Crippen LogP contribution in [0.2, 0.25) is 0 Å². The first kappa shape index (κ1) is 14.9. The van der Waals surface area contributed by atoms with E-state index in [2.05, 4.69) is 10.1 Å². The number of carbonyl (C=O) groups excluding carboxylic acids is 2. The number of rotatable bonds is 6. The predicted octanol–water partition coefficient (Wildman–Crippen LogP) is 0.285. The summed E-state index contributed by atoms with van der Waals surface area (Å²) in [5.41, 5.74) is 5.47. The molecule has 0 saturated heterocycles. The van der Waals surface area contributed by atoms with Crippen LogP contribution in [-0.2, 0) is 14.3 Å². The van der Waals surface area contributed by atoms with Crippen LogP contribution in [0, 0.1) is 11.8 Å². The topological polar surface area (TPSA) is 81.4 Å². The molecule has 0 aliphatic rings. The third kappa shape index (κ3) is 4.18. The average Bonchev–Trinajstić information content (AvgIpc) is 2.26. The maximum atomic E-state index is 11.7. The molecule has 5 heteroatoms. The van der Waals surface area contributed by atoms with Crippen LogP contribution < -0.4 is 11.1 Å². The van der Waals surface area contributed by atoms with Gasteiger partial charge in [0, 0.05) is 12.5 Å². The maximum absolute atomic E-state index is 11.7. The Labute approximate surface area is 96.7 Å². The van der Waals surface area contributed by atoms with Gasteiger partial charge in [-0.3, -0.25) is 4.79 Å². The fourth-order valence-corrected chi connectivity index (χ4v) is 1.35. The highest BCUT2D eigenvalue weighted by molar-refractivity contribution is 5.85. The van der Waals surface area contributed by atoms with Crippen LogP contribution >= 0.6 is 0 Å². The normalized spacial score (nSPS) is 14.4. The molecule has 2 atom stereocenters. The van der Waals surface area contributed by atoms with Crippen molar-refractivity contribution in [1.29, 1.82) is 0 Å². The second-order valence-electron chi connectivity index (χ2n) is 4.09. The van der Waals surface area contributed by atoms with Gasteiger partial charge >= 0.3 is 5.97 Å². The lowest BCUT2D eigenvalue weighted by atomic mass is 10.0. The molecular formula is C11H22N2O3. The lowest BCUT2D eigenvalue weighted by Gasteiger charge is -2.22. The van der Waals surface area contributed by atoms with Gasteiger partial charge < -0.3 is 15.8 Å². The molecule has 0 heterocycles. The molecule has 1 amide bonds. The lowest BCUT2D eigenvalue weighted by molar-refractivity contribution is -0.146. The monoisotopic (exact) mass is 230 g/mol. The molecule has 0 aromatic rings. The van der Waals surface area contributed by atoms with Crippen LogP contribution in [0.4, 0.5) is 0 Å². The summed E-state index contributed by atoms with van der Waals surface area (Å²) in [4.78, 5) is 23.2. The molecule has 2 unspecified atom stereocenters. The second kappa shape index (κ2) is 7.22. The standard InChI is InChI=1S/C11H22N2O3/c1-5-8(6-12)10(14)13-9(7(2)3)11(15)16-4/h7-9H,5-6,12H2,1-4H3,(H,13,14). The van der Waals surface area contributed by atoms with E-state index in [0.717, 1.165) is 0 Å². The molecule has 16 heavy (non-hydrogen) atoms. The molecule has 0 aromatic carbocycles. The third-order valence-electron chi connectivity index (χ3n) is 2.57. The van der Waals surface area contributed by atoms with Crippen molar-refractivity contribution in [3.8, 4) is 0 Å². The largest absolute Gasteiger partial charge is 0.467 e. The highest BCUT2D eigenvalue weighted by Gasteiger charge is 2.27. The molecule has 94 valence electrons. The molecule has 0 radical (unpaired) electrons. The predicted molar refractivity (Wildman–Crippen MR) is 61.6 cm³/mol. The molecule has 5 nitrogen and oxygen atoms in total. The van der Waals surface area contributed by atoms with Crippen molar-refractivity contribution in [3.05, 3.63) is 0 Å². The summed E-state index contributed by atoms with van der Waals surface area (Å²) in [6, 6.07) is -0.599. The third-order valence-corrected chi connectivity index (χ3v) is 2.57. The average molecular weight is 230 g/mol. The van der Waals surface area contributed by atoms with E-state index in [4.69, 9.17) is 5.73 Å². The van der Waals surface area contributed by atoms with Gasteiger partial charge in [0.05, 0.1) is 7.11 Å². The Morgan fingerprint density at radius 1 is 1.38 bits per heavy atom. The molecule has 0 aromatic heterocycles. The summed E-state index contributed by atoms with van der Waals surface area (Å²) >= 11 is 0. The Kier molecular flexibility index (Phi) is 6.72. The quantitative estimate of drug-likeness (QED) is 0.642. The van der Waals surface area contributed by atoms with E-state index in [0.29, 0.717) is 6.42 Å². The van der Waals surface area contributed by atoms with Gasteiger partial charge in [-0.15, -0.1) is 0 Å². The van der Waals surface area contributed by atoms with Crippen molar-refractivity contribution < 1.29 is 14.3 Å². The molecule has 0 rings (SSSR count). The van der Waals surface area contributed by atoms with Crippen molar-refractivity contribution in [2.24, 2.45) is 17.6 Å². The van der Waals surface area contributed by atoms with Crippen molar-refractivity contribution >= 4 is 11.9 Å². The number of methoxy groups -OCH3 is 1. The van der Waals surface area contributed by atoms with Gasteiger partial charge in [-0.1, -0.05) is 20.8 Å². The van der Waals surface area contributed by atoms with Gasteiger partial charge in [0.2, 0.25) is 5.91 Å². The number of hydrogen-bond acceptors (Lipinski definition) is 4. The van der Waals surface area contributed by atoms with Gasteiger partial charge in [-0.05, 0) is 12.3 Å². The highest BCUT2D eigenvalue weighted by atomic mass is 16.5. The minimum absolute atomic E-state index is 0.00770. The first-order chi connectivity index (χ1) is 7.47. The van der Waals surface area contributed by atoms with E-state index < -0.39 is 12.0 Å². The van der Waals surface area contributed by atoms with Crippen LogP contribution in [0.15, 0.2) is 0 Å². The Morgan fingerprint density at radius 3 is 2.25 bits per heavy atom. The zero-order valence-corrected chi connectivity index (χ0v) is 10.4. The van der Waals surface area contributed by atoms with E-state index >= 15 is 0 Å². The van der Waals surface area contributed by atoms with Crippen LogP contribution in [0.25, 0.3) is 0 Å². The van der Waals surface area contributed by atoms with E-state index in [1.165, 1.54) is 7.11 Å². The number of hydrogen-bond donors (Lipinski definition) is 2. The van der Waals surface area contributed by atoms with E-state index in [-0.39, 0.29) is 24.3 Å². The highest BCUT2D eigenvalue weighted by Crippen LogP contribution is 2.07. The summed E-state index contributed by atoms with van der Waals surface area (Å²) in [5, 5.41) is 2.68. The summed E-state index contributed by atoms with van der Waals surface area (Å²) in [7, 11) is 1.31. The van der Waals surface area contributed by atoms with Crippen molar-refractivity contribution in [2.45, 2.75) is 33.2 Å². The molecule has 0 bridgehead atoms. The van der Waals surface area contributed by atoms with Gasteiger partial charge in [0.25, 0.3) is 0 Å². The number of esters is 1.